The van der Waals surface area contributed by atoms with Gasteiger partial charge < -0.3 is 19.4 Å². The number of amides is 1. The highest BCUT2D eigenvalue weighted by atomic mass is 35.5. The fraction of sp³-hybridized carbons (Fsp3) is 0.406. The molecule has 6 rings (SSSR count). The number of nitrogens with one attached hydrogen (secondary N) is 1. The van der Waals surface area contributed by atoms with Gasteiger partial charge >= 0.3 is 0 Å². The van der Waals surface area contributed by atoms with E-state index in [-0.39, 0.29) is 24.4 Å². The number of piperidine rings is 1. The second kappa shape index (κ2) is 12.8. The average Bonchev–Trinajstić information content (AvgIpc) is 3.31. The number of anilines is 1. The molecule has 2 aliphatic rings. The first-order valence-electron chi connectivity index (χ1n) is 14.6. The molecule has 0 saturated carbocycles. The smallest absolute Gasteiger partial charge is 0.253 e. The number of pyridine rings is 1. The first-order chi connectivity index (χ1) is 20.4. The number of hydrogen-bond donors (Lipinski definition) is 1. The second-order valence-electron chi connectivity index (χ2n) is 11.1. The average molecular weight is 592 g/mol. The van der Waals surface area contributed by atoms with Gasteiger partial charge in [-0.3, -0.25) is 9.69 Å². The number of rotatable bonds is 8. The van der Waals surface area contributed by atoms with E-state index in [1.807, 2.05) is 37.4 Å². The number of ether oxygens (including phenoxy) is 2. The summed E-state index contributed by atoms with van der Waals surface area (Å²) in [5.74, 6) is 1.34. The van der Waals surface area contributed by atoms with Gasteiger partial charge in [-0.05, 0) is 81.6 Å². The van der Waals surface area contributed by atoms with Gasteiger partial charge in [-0.1, -0.05) is 23.7 Å². The number of carbonyl (C=O) groups excluding carboxylic acids is 1. The molecule has 1 amide bonds. The summed E-state index contributed by atoms with van der Waals surface area (Å²) >= 11 is 5.85. The van der Waals surface area contributed by atoms with E-state index in [9.17, 15) is 9.18 Å². The van der Waals surface area contributed by atoms with Gasteiger partial charge in [0.25, 0.3) is 5.91 Å². The fourth-order valence-corrected chi connectivity index (χ4v) is 5.91. The molecule has 8 nitrogen and oxygen atoms in total. The van der Waals surface area contributed by atoms with Crippen molar-refractivity contribution in [3.63, 3.8) is 0 Å². The highest BCUT2D eigenvalue weighted by Crippen LogP contribution is 2.29. The number of fused-ring (bicyclic) bond motifs is 1. The van der Waals surface area contributed by atoms with Gasteiger partial charge in [-0.2, -0.15) is 0 Å². The quantitative estimate of drug-likeness (QED) is 0.262. The normalized spacial score (nSPS) is 18.3. The summed E-state index contributed by atoms with van der Waals surface area (Å²) in [6.45, 7) is 3.35. The first kappa shape index (κ1) is 28.6. The molecule has 2 aromatic carbocycles. The third-order valence-corrected chi connectivity index (χ3v) is 8.45. The van der Waals surface area contributed by atoms with Crippen molar-refractivity contribution in [2.24, 2.45) is 7.05 Å². The molecule has 0 spiro atoms. The monoisotopic (exact) mass is 591 g/mol. The van der Waals surface area contributed by atoms with Crippen molar-refractivity contribution in [3.8, 4) is 5.88 Å². The van der Waals surface area contributed by atoms with E-state index in [1.165, 1.54) is 6.07 Å². The number of hydrogen-bond acceptors (Lipinski definition) is 6. The van der Waals surface area contributed by atoms with E-state index < -0.39 is 0 Å². The van der Waals surface area contributed by atoms with Gasteiger partial charge in [0, 0.05) is 47.6 Å². The van der Waals surface area contributed by atoms with Crippen molar-refractivity contribution in [1.82, 2.24) is 19.4 Å². The Morgan fingerprint density at radius 2 is 1.95 bits per heavy atom. The molecule has 10 heteroatoms. The molecule has 2 saturated heterocycles. The Labute approximate surface area is 249 Å². The number of nitrogens with zero attached hydrogens (tertiary/aromatic N) is 4. The predicted octanol–water partition coefficient (Wildman–Crippen LogP) is 6.23. The van der Waals surface area contributed by atoms with Crippen molar-refractivity contribution >= 4 is 34.2 Å². The van der Waals surface area contributed by atoms with E-state index in [0.29, 0.717) is 29.0 Å². The molecule has 42 heavy (non-hydrogen) atoms. The van der Waals surface area contributed by atoms with Crippen LogP contribution in [0.2, 0.25) is 5.02 Å². The lowest BCUT2D eigenvalue weighted by molar-refractivity contribution is -0.129. The highest BCUT2D eigenvalue weighted by molar-refractivity contribution is 6.30. The molecule has 2 aliphatic heterocycles. The largest absolute Gasteiger partial charge is 0.473 e. The molecule has 4 heterocycles. The summed E-state index contributed by atoms with van der Waals surface area (Å²) < 4.78 is 27.7. The number of imidazole rings is 1. The summed E-state index contributed by atoms with van der Waals surface area (Å²) in [7, 11) is 2.04. The number of likely N-dealkylation sites (tertiary alicyclic amines) is 1. The van der Waals surface area contributed by atoms with Crippen LogP contribution in [-0.2, 0) is 29.7 Å². The molecular formula is C32H35ClFN5O3. The number of carbonyl (C=O) groups is 1. The Morgan fingerprint density at radius 3 is 2.74 bits per heavy atom. The molecule has 0 radical (unpaired) electrons. The lowest BCUT2D eigenvalue weighted by Crippen LogP contribution is -2.33. The van der Waals surface area contributed by atoms with Crippen LogP contribution in [0.5, 0.6) is 5.88 Å². The minimum atomic E-state index is -0.386. The van der Waals surface area contributed by atoms with Crippen LogP contribution in [0.4, 0.5) is 10.1 Å². The van der Waals surface area contributed by atoms with E-state index >= 15 is 0 Å². The van der Waals surface area contributed by atoms with E-state index in [1.54, 1.807) is 18.2 Å². The zero-order valence-corrected chi connectivity index (χ0v) is 24.4. The van der Waals surface area contributed by atoms with Crippen LogP contribution in [0, 0.1) is 5.82 Å². The molecule has 1 N–H and O–H groups in total. The minimum absolute atomic E-state index is 0.0879. The van der Waals surface area contributed by atoms with Gasteiger partial charge in [0.1, 0.15) is 24.4 Å². The SMILES string of the molecule is Cn1c(CN2CCC(c3cccc(OCc4ccc(Cl)cc4F)n3)CC2)nc2cc(NC(=O)C3CCCCO3)ccc21. The Kier molecular flexibility index (Phi) is 8.69. The van der Waals surface area contributed by atoms with Crippen molar-refractivity contribution < 1.29 is 18.7 Å². The van der Waals surface area contributed by atoms with Crippen LogP contribution in [0.15, 0.2) is 54.6 Å². The molecule has 0 bridgehead atoms. The van der Waals surface area contributed by atoms with Gasteiger partial charge in [-0.25, -0.2) is 14.4 Å². The number of aromatic nitrogens is 3. The maximum atomic E-state index is 14.1. The number of aryl methyl sites for hydroxylation is 1. The maximum Gasteiger partial charge on any atom is 0.253 e. The van der Waals surface area contributed by atoms with Crippen LogP contribution >= 0.6 is 11.6 Å². The van der Waals surface area contributed by atoms with Crippen LogP contribution in [0.1, 0.15) is 55.1 Å². The predicted molar refractivity (Wildman–Crippen MR) is 160 cm³/mol. The first-order valence-corrected chi connectivity index (χ1v) is 14.9. The summed E-state index contributed by atoms with van der Waals surface area (Å²) in [6.07, 6.45) is 4.37. The van der Waals surface area contributed by atoms with Gasteiger partial charge in [0.15, 0.2) is 0 Å². The summed E-state index contributed by atoms with van der Waals surface area (Å²) in [4.78, 5) is 24.7. The summed E-state index contributed by atoms with van der Waals surface area (Å²) in [5.41, 5.74) is 4.08. The van der Waals surface area contributed by atoms with Crippen molar-refractivity contribution in [2.75, 3.05) is 25.0 Å². The zero-order valence-electron chi connectivity index (χ0n) is 23.7. The van der Waals surface area contributed by atoms with Crippen molar-refractivity contribution in [3.05, 3.63) is 82.5 Å². The lowest BCUT2D eigenvalue weighted by atomic mass is 9.93. The van der Waals surface area contributed by atoms with Crippen LogP contribution in [0.25, 0.3) is 11.0 Å². The Hall–Kier alpha value is -3.53. The summed E-state index contributed by atoms with van der Waals surface area (Å²) in [5, 5.41) is 3.36. The van der Waals surface area contributed by atoms with Gasteiger partial charge in [0.05, 0.1) is 17.6 Å². The van der Waals surface area contributed by atoms with E-state index in [4.69, 9.17) is 31.0 Å². The molecule has 1 unspecified atom stereocenters. The maximum absolute atomic E-state index is 14.1. The van der Waals surface area contributed by atoms with Crippen molar-refractivity contribution in [1.29, 1.82) is 0 Å². The van der Waals surface area contributed by atoms with Gasteiger partial charge in [0.2, 0.25) is 5.88 Å². The molecule has 1 atom stereocenters. The molecular weight excluding hydrogens is 557 g/mol. The molecule has 4 aromatic rings. The van der Waals surface area contributed by atoms with Gasteiger partial charge in [-0.15, -0.1) is 0 Å². The summed E-state index contributed by atoms with van der Waals surface area (Å²) in [6, 6.07) is 16.2. The Balaban J connectivity index is 1.04. The fourth-order valence-electron chi connectivity index (χ4n) is 5.75. The lowest BCUT2D eigenvalue weighted by Gasteiger charge is -2.31. The van der Waals surface area contributed by atoms with Crippen LogP contribution in [0.3, 0.4) is 0 Å². The van der Waals surface area contributed by atoms with E-state index in [0.717, 1.165) is 80.0 Å². The third-order valence-electron chi connectivity index (χ3n) is 8.22. The zero-order chi connectivity index (χ0) is 29.1. The molecule has 220 valence electrons. The Morgan fingerprint density at radius 1 is 1.10 bits per heavy atom. The highest BCUT2D eigenvalue weighted by Gasteiger charge is 2.24. The second-order valence-corrected chi connectivity index (χ2v) is 11.5. The molecule has 2 fully saturated rings. The molecule has 0 aliphatic carbocycles. The third kappa shape index (κ3) is 6.59. The number of benzene rings is 2. The van der Waals surface area contributed by atoms with Crippen molar-refractivity contribution in [2.45, 2.75) is 57.3 Å². The molecule has 2 aromatic heterocycles. The van der Waals surface area contributed by atoms with Crippen LogP contribution in [-0.4, -0.2) is 51.1 Å². The standard InChI is InChI=1S/C32H35ClFN5O3/c1-38-28-11-10-24(35-32(40)29-6-2-3-16-41-29)18-27(28)36-30(38)19-39-14-12-21(13-15-39)26-5-4-7-31(37-26)42-20-22-8-9-23(33)17-25(22)34/h4-5,7-11,17-18,21,29H,2-3,6,12-16,19-20H2,1H3,(H,35,40). The minimum Gasteiger partial charge on any atom is -0.473 e. The Bertz CT molecular complexity index is 1560. The number of halogens is 2. The topological polar surface area (TPSA) is 81.5 Å². The van der Waals surface area contributed by atoms with E-state index in [2.05, 4.69) is 14.8 Å². The van der Waals surface area contributed by atoms with Crippen LogP contribution < -0.4 is 10.1 Å².